The maximum absolute atomic E-state index is 5.69. The van der Waals surface area contributed by atoms with Crippen LogP contribution in [0.5, 0.6) is 0 Å². The molecule has 0 bridgehead atoms. The van der Waals surface area contributed by atoms with Crippen molar-refractivity contribution in [2.75, 3.05) is 19.4 Å². The summed E-state index contributed by atoms with van der Waals surface area (Å²) in [5, 5.41) is 9.70. The molecule has 3 heterocycles. The van der Waals surface area contributed by atoms with E-state index >= 15 is 0 Å². The average Bonchev–Trinajstić information content (AvgIpc) is 3.30. The SMILES string of the molecule is C=CCn1c(CN(C)Cc2ccoc2)nnc1SCC1CCCO1. The molecule has 130 valence electrons. The normalized spacial score (nSPS) is 17.7. The molecule has 2 aromatic rings. The van der Waals surface area contributed by atoms with Crippen molar-refractivity contribution >= 4 is 11.8 Å². The van der Waals surface area contributed by atoms with Gasteiger partial charge in [0.15, 0.2) is 5.16 Å². The van der Waals surface area contributed by atoms with E-state index in [1.165, 1.54) is 0 Å². The molecule has 1 saturated heterocycles. The van der Waals surface area contributed by atoms with Gasteiger partial charge in [-0.15, -0.1) is 16.8 Å². The van der Waals surface area contributed by atoms with E-state index in [-0.39, 0.29) is 0 Å². The zero-order valence-electron chi connectivity index (χ0n) is 14.1. The van der Waals surface area contributed by atoms with Crippen molar-refractivity contribution in [2.24, 2.45) is 0 Å². The monoisotopic (exact) mass is 348 g/mol. The molecule has 1 aliphatic heterocycles. The van der Waals surface area contributed by atoms with Gasteiger partial charge in [0.05, 0.1) is 25.2 Å². The first-order valence-corrected chi connectivity index (χ1v) is 9.22. The van der Waals surface area contributed by atoms with Gasteiger partial charge in [0.2, 0.25) is 0 Å². The Morgan fingerprint density at radius 1 is 1.46 bits per heavy atom. The molecule has 0 saturated carbocycles. The number of aromatic nitrogens is 3. The maximum atomic E-state index is 5.69. The van der Waals surface area contributed by atoms with E-state index in [2.05, 4.69) is 33.3 Å². The van der Waals surface area contributed by atoms with Gasteiger partial charge < -0.3 is 13.7 Å². The van der Waals surface area contributed by atoms with Crippen molar-refractivity contribution in [1.82, 2.24) is 19.7 Å². The summed E-state index contributed by atoms with van der Waals surface area (Å²) >= 11 is 1.72. The summed E-state index contributed by atoms with van der Waals surface area (Å²) in [5.41, 5.74) is 1.15. The van der Waals surface area contributed by atoms with Gasteiger partial charge in [0, 0.05) is 31.0 Å². The van der Waals surface area contributed by atoms with Crippen molar-refractivity contribution in [3.8, 4) is 0 Å². The first-order valence-electron chi connectivity index (χ1n) is 8.23. The molecule has 3 rings (SSSR count). The number of thioether (sulfide) groups is 1. The predicted molar refractivity (Wildman–Crippen MR) is 93.8 cm³/mol. The highest BCUT2D eigenvalue weighted by Crippen LogP contribution is 2.23. The molecule has 7 heteroatoms. The Kier molecular flexibility index (Phi) is 6.12. The number of furan rings is 1. The third-order valence-corrected chi connectivity index (χ3v) is 5.07. The van der Waals surface area contributed by atoms with E-state index in [0.29, 0.717) is 6.10 Å². The summed E-state index contributed by atoms with van der Waals surface area (Å²) in [6, 6.07) is 1.98. The zero-order valence-corrected chi connectivity index (χ0v) is 14.9. The summed E-state index contributed by atoms with van der Waals surface area (Å²) in [4.78, 5) is 2.20. The van der Waals surface area contributed by atoms with E-state index in [9.17, 15) is 0 Å². The Bertz CT molecular complexity index is 635. The van der Waals surface area contributed by atoms with Crippen molar-refractivity contribution in [3.63, 3.8) is 0 Å². The van der Waals surface area contributed by atoms with Crippen LogP contribution in [0.15, 0.2) is 40.8 Å². The van der Waals surface area contributed by atoms with Crippen LogP contribution in [0, 0.1) is 0 Å². The quantitative estimate of drug-likeness (QED) is 0.513. The van der Waals surface area contributed by atoms with Crippen LogP contribution < -0.4 is 0 Å². The molecule has 0 radical (unpaired) electrons. The van der Waals surface area contributed by atoms with Gasteiger partial charge in [-0.3, -0.25) is 4.90 Å². The molecule has 1 fully saturated rings. The minimum Gasteiger partial charge on any atom is -0.472 e. The molecule has 1 atom stereocenters. The second kappa shape index (κ2) is 8.50. The lowest BCUT2D eigenvalue weighted by molar-refractivity contribution is 0.129. The number of nitrogens with zero attached hydrogens (tertiary/aromatic N) is 4. The van der Waals surface area contributed by atoms with Crippen LogP contribution in [-0.2, 0) is 24.4 Å². The first kappa shape index (κ1) is 17.3. The number of ether oxygens (including phenoxy) is 1. The van der Waals surface area contributed by atoms with Crippen LogP contribution in [0.3, 0.4) is 0 Å². The van der Waals surface area contributed by atoms with Gasteiger partial charge in [0.1, 0.15) is 5.82 Å². The molecule has 0 amide bonds. The van der Waals surface area contributed by atoms with E-state index in [0.717, 1.165) is 61.4 Å². The van der Waals surface area contributed by atoms with E-state index in [4.69, 9.17) is 9.15 Å². The predicted octanol–water partition coefficient (Wildman–Crippen LogP) is 2.96. The topological polar surface area (TPSA) is 56.3 Å². The molecule has 0 aliphatic carbocycles. The van der Waals surface area contributed by atoms with Gasteiger partial charge in [0.25, 0.3) is 0 Å². The highest BCUT2D eigenvalue weighted by Gasteiger charge is 2.19. The Balaban J connectivity index is 1.62. The number of allylic oxidation sites excluding steroid dienone is 1. The van der Waals surface area contributed by atoms with E-state index in [1.807, 2.05) is 12.1 Å². The number of hydrogen-bond donors (Lipinski definition) is 0. The maximum Gasteiger partial charge on any atom is 0.191 e. The Hall–Kier alpha value is -1.57. The van der Waals surface area contributed by atoms with Gasteiger partial charge in [-0.1, -0.05) is 17.8 Å². The number of rotatable bonds is 9. The Morgan fingerprint density at radius 2 is 2.38 bits per heavy atom. The number of hydrogen-bond acceptors (Lipinski definition) is 6. The van der Waals surface area contributed by atoms with Crippen LogP contribution >= 0.6 is 11.8 Å². The lowest BCUT2D eigenvalue weighted by atomic mass is 10.3. The fourth-order valence-electron chi connectivity index (χ4n) is 2.79. The highest BCUT2D eigenvalue weighted by atomic mass is 32.2. The minimum atomic E-state index is 0.344. The van der Waals surface area contributed by atoms with Crippen LogP contribution in [0.25, 0.3) is 0 Å². The molecule has 6 nitrogen and oxygen atoms in total. The van der Waals surface area contributed by atoms with E-state index in [1.54, 1.807) is 24.3 Å². The van der Waals surface area contributed by atoms with Crippen molar-refractivity contribution in [2.45, 2.75) is 43.7 Å². The van der Waals surface area contributed by atoms with Crippen LogP contribution in [0.2, 0.25) is 0 Å². The minimum absolute atomic E-state index is 0.344. The zero-order chi connectivity index (χ0) is 16.8. The van der Waals surface area contributed by atoms with Gasteiger partial charge in [-0.2, -0.15) is 0 Å². The summed E-state index contributed by atoms with van der Waals surface area (Å²) in [5.74, 6) is 1.89. The standard InChI is InChI=1S/C17H24N4O2S/c1-3-7-21-16(11-20(2)10-14-6-9-22-12-14)18-19-17(21)24-13-15-5-4-8-23-15/h3,6,9,12,15H,1,4-5,7-8,10-11,13H2,2H3. The molecule has 2 aromatic heterocycles. The van der Waals surface area contributed by atoms with Crippen LogP contribution in [0.4, 0.5) is 0 Å². The molecule has 0 spiro atoms. The lowest BCUT2D eigenvalue weighted by Crippen LogP contribution is -2.20. The average molecular weight is 348 g/mol. The largest absolute Gasteiger partial charge is 0.472 e. The van der Waals surface area contributed by atoms with Gasteiger partial charge >= 0.3 is 0 Å². The summed E-state index contributed by atoms with van der Waals surface area (Å²) in [7, 11) is 2.07. The third kappa shape index (κ3) is 4.49. The molecule has 1 unspecified atom stereocenters. The highest BCUT2D eigenvalue weighted by molar-refractivity contribution is 7.99. The second-order valence-electron chi connectivity index (χ2n) is 6.05. The fraction of sp³-hybridized carbons (Fsp3) is 0.529. The molecule has 1 aliphatic rings. The Morgan fingerprint density at radius 3 is 3.08 bits per heavy atom. The molecule has 24 heavy (non-hydrogen) atoms. The van der Waals surface area contributed by atoms with E-state index < -0.39 is 0 Å². The van der Waals surface area contributed by atoms with Crippen LogP contribution in [0.1, 0.15) is 24.2 Å². The smallest absolute Gasteiger partial charge is 0.191 e. The lowest BCUT2D eigenvalue weighted by Gasteiger charge is -2.16. The summed E-state index contributed by atoms with van der Waals surface area (Å²) < 4.78 is 13.0. The molecular formula is C17H24N4O2S. The fourth-order valence-corrected chi connectivity index (χ4v) is 3.82. The molecule has 0 N–H and O–H groups in total. The molecular weight excluding hydrogens is 324 g/mol. The van der Waals surface area contributed by atoms with Crippen LogP contribution in [-0.4, -0.2) is 45.2 Å². The van der Waals surface area contributed by atoms with Crippen molar-refractivity contribution in [3.05, 3.63) is 42.6 Å². The molecule has 0 aromatic carbocycles. The Labute approximate surface area is 146 Å². The summed E-state index contributed by atoms with van der Waals surface area (Å²) in [6.45, 7) is 7.00. The van der Waals surface area contributed by atoms with Crippen molar-refractivity contribution < 1.29 is 9.15 Å². The first-order chi connectivity index (χ1) is 11.8. The third-order valence-electron chi connectivity index (χ3n) is 3.97. The van der Waals surface area contributed by atoms with Gasteiger partial charge in [-0.25, -0.2) is 0 Å². The summed E-state index contributed by atoms with van der Waals surface area (Å²) in [6.07, 6.45) is 8.00. The van der Waals surface area contributed by atoms with Crippen molar-refractivity contribution in [1.29, 1.82) is 0 Å². The van der Waals surface area contributed by atoms with Gasteiger partial charge in [-0.05, 0) is 26.0 Å². The second-order valence-corrected chi connectivity index (χ2v) is 7.04.